The molecule has 2 rings (SSSR count). The predicted octanol–water partition coefficient (Wildman–Crippen LogP) is 4.17. The Kier molecular flexibility index (Phi) is 4.30. The van der Waals surface area contributed by atoms with E-state index in [2.05, 4.69) is 52.5 Å². The summed E-state index contributed by atoms with van der Waals surface area (Å²) in [7, 11) is 0. The van der Waals surface area contributed by atoms with Crippen LogP contribution in [0.2, 0.25) is 0 Å². The topological polar surface area (TPSA) is 48.9 Å². The van der Waals surface area contributed by atoms with Crippen molar-refractivity contribution in [2.75, 3.05) is 0 Å². The molecular formula is C15H19IN2O. The van der Waals surface area contributed by atoms with Crippen molar-refractivity contribution in [2.45, 2.75) is 39.7 Å². The highest BCUT2D eigenvalue weighted by Gasteiger charge is 2.16. The van der Waals surface area contributed by atoms with E-state index in [-0.39, 0.29) is 0 Å². The molecule has 2 heterocycles. The second kappa shape index (κ2) is 5.63. The molecule has 0 aliphatic heterocycles. The number of aliphatic hydroxyl groups is 1. The van der Waals surface area contributed by atoms with Gasteiger partial charge >= 0.3 is 0 Å². The summed E-state index contributed by atoms with van der Waals surface area (Å²) >= 11 is 2.27. The number of nitrogens with zero attached hydrogens (tertiary/aromatic N) is 1. The SMILES string of the molecule is Cc1nc(-c2cc[nH]c2C(C)C)cc(I)c1C(C)O. The summed E-state index contributed by atoms with van der Waals surface area (Å²) in [5, 5.41) is 9.80. The summed E-state index contributed by atoms with van der Waals surface area (Å²) in [6, 6.07) is 4.11. The number of halogens is 1. The largest absolute Gasteiger partial charge is 0.389 e. The lowest BCUT2D eigenvalue weighted by Crippen LogP contribution is -2.03. The third-order valence-electron chi connectivity index (χ3n) is 3.25. The zero-order valence-electron chi connectivity index (χ0n) is 11.7. The molecule has 0 saturated carbocycles. The van der Waals surface area contributed by atoms with Gasteiger partial charge in [-0.15, -0.1) is 0 Å². The van der Waals surface area contributed by atoms with Crippen molar-refractivity contribution in [2.24, 2.45) is 0 Å². The van der Waals surface area contributed by atoms with Gasteiger partial charge in [0.15, 0.2) is 0 Å². The van der Waals surface area contributed by atoms with E-state index in [4.69, 9.17) is 0 Å². The highest BCUT2D eigenvalue weighted by atomic mass is 127. The van der Waals surface area contributed by atoms with Crippen molar-refractivity contribution >= 4 is 22.6 Å². The summed E-state index contributed by atoms with van der Waals surface area (Å²) in [6.45, 7) is 8.06. The molecule has 0 bridgehead atoms. The van der Waals surface area contributed by atoms with E-state index in [1.165, 1.54) is 5.69 Å². The quantitative estimate of drug-likeness (QED) is 0.797. The van der Waals surface area contributed by atoms with E-state index in [0.29, 0.717) is 5.92 Å². The van der Waals surface area contributed by atoms with Crippen LogP contribution in [-0.4, -0.2) is 15.1 Å². The summed E-state index contributed by atoms with van der Waals surface area (Å²) in [6.07, 6.45) is 1.47. The number of nitrogens with one attached hydrogen (secondary N) is 1. The Morgan fingerprint density at radius 3 is 2.53 bits per heavy atom. The molecule has 0 aliphatic rings. The number of aromatic amines is 1. The number of hydrogen-bond donors (Lipinski definition) is 2. The predicted molar refractivity (Wildman–Crippen MR) is 86.2 cm³/mol. The van der Waals surface area contributed by atoms with E-state index < -0.39 is 6.10 Å². The van der Waals surface area contributed by atoms with Crippen molar-refractivity contribution in [3.8, 4) is 11.3 Å². The molecule has 0 aliphatic carbocycles. The zero-order chi connectivity index (χ0) is 14.2. The van der Waals surface area contributed by atoms with Crippen molar-refractivity contribution in [3.63, 3.8) is 0 Å². The van der Waals surface area contributed by atoms with Crippen molar-refractivity contribution in [1.82, 2.24) is 9.97 Å². The standard InChI is InChI=1S/C15H19IN2O/c1-8(2)15-11(5-6-17-15)13-7-12(16)14(10(4)19)9(3)18-13/h5-8,10,17,19H,1-4H3. The van der Waals surface area contributed by atoms with Gasteiger partial charge < -0.3 is 10.1 Å². The second-order valence-corrected chi connectivity index (χ2v) is 6.29. The Morgan fingerprint density at radius 2 is 2.00 bits per heavy atom. The first-order valence-corrected chi connectivity index (χ1v) is 7.52. The normalized spacial score (nSPS) is 13.0. The van der Waals surface area contributed by atoms with Gasteiger partial charge in [-0.05, 0) is 54.5 Å². The van der Waals surface area contributed by atoms with Crippen LogP contribution in [-0.2, 0) is 0 Å². The lowest BCUT2D eigenvalue weighted by Gasteiger charge is -2.14. The molecule has 0 fully saturated rings. The Bertz CT molecular complexity index is 565. The van der Waals surface area contributed by atoms with Crippen LogP contribution >= 0.6 is 22.6 Å². The fourth-order valence-corrected chi connectivity index (χ4v) is 3.50. The van der Waals surface area contributed by atoms with E-state index in [0.717, 1.165) is 26.1 Å². The van der Waals surface area contributed by atoms with Crippen LogP contribution in [0.4, 0.5) is 0 Å². The third kappa shape index (κ3) is 2.84. The Morgan fingerprint density at radius 1 is 1.32 bits per heavy atom. The lowest BCUT2D eigenvalue weighted by molar-refractivity contribution is 0.197. The van der Waals surface area contributed by atoms with E-state index in [1.54, 1.807) is 6.92 Å². The minimum Gasteiger partial charge on any atom is -0.389 e. The summed E-state index contributed by atoms with van der Waals surface area (Å²) in [5.74, 6) is 0.432. The van der Waals surface area contributed by atoms with Crippen LogP contribution in [0, 0.1) is 10.5 Å². The molecule has 0 radical (unpaired) electrons. The molecule has 2 N–H and O–H groups in total. The van der Waals surface area contributed by atoms with E-state index in [1.807, 2.05) is 19.2 Å². The van der Waals surface area contributed by atoms with Crippen LogP contribution in [0.25, 0.3) is 11.3 Å². The Balaban J connectivity index is 2.56. The molecule has 19 heavy (non-hydrogen) atoms. The Hall–Kier alpha value is -0.880. The van der Waals surface area contributed by atoms with Crippen LogP contribution in [0.1, 0.15) is 49.7 Å². The van der Waals surface area contributed by atoms with Gasteiger partial charge in [-0.2, -0.15) is 0 Å². The molecular weight excluding hydrogens is 351 g/mol. The molecule has 0 aromatic carbocycles. The highest BCUT2D eigenvalue weighted by Crippen LogP contribution is 2.31. The fourth-order valence-electron chi connectivity index (χ4n) is 2.37. The monoisotopic (exact) mass is 370 g/mol. The third-order valence-corrected chi connectivity index (χ3v) is 4.14. The molecule has 0 spiro atoms. The maximum Gasteiger partial charge on any atom is 0.0789 e. The Labute approximate surface area is 127 Å². The van der Waals surface area contributed by atoms with Gasteiger partial charge in [-0.3, -0.25) is 4.98 Å². The summed E-state index contributed by atoms with van der Waals surface area (Å²) in [5.41, 5.74) is 5.13. The van der Waals surface area contributed by atoms with Gasteiger partial charge in [0, 0.05) is 32.3 Å². The number of aryl methyl sites for hydroxylation is 1. The van der Waals surface area contributed by atoms with Gasteiger partial charge in [-0.25, -0.2) is 0 Å². The maximum absolute atomic E-state index is 9.80. The van der Waals surface area contributed by atoms with E-state index >= 15 is 0 Å². The molecule has 4 heteroatoms. The summed E-state index contributed by atoms with van der Waals surface area (Å²) < 4.78 is 1.06. The second-order valence-electron chi connectivity index (χ2n) is 5.12. The number of aromatic nitrogens is 2. The molecule has 3 nitrogen and oxygen atoms in total. The molecule has 2 aromatic rings. The molecule has 1 atom stereocenters. The van der Waals surface area contributed by atoms with Gasteiger partial charge in [0.1, 0.15) is 0 Å². The van der Waals surface area contributed by atoms with Gasteiger partial charge in [0.05, 0.1) is 11.8 Å². The minimum absolute atomic E-state index is 0.432. The molecule has 1 unspecified atom stereocenters. The zero-order valence-corrected chi connectivity index (χ0v) is 13.8. The van der Waals surface area contributed by atoms with Crippen molar-refractivity contribution in [3.05, 3.63) is 38.9 Å². The molecule has 0 saturated heterocycles. The first kappa shape index (κ1) is 14.5. The minimum atomic E-state index is -0.482. The first-order chi connectivity index (χ1) is 8.91. The average molecular weight is 370 g/mol. The van der Waals surface area contributed by atoms with Gasteiger partial charge in [0.2, 0.25) is 0 Å². The molecule has 0 amide bonds. The molecule has 2 aromatic heterocycles. The lowest BCUT2D eigenvalue weighted by atomic mass is 10.0. The highest BCUT2D eigenvalue weighted by molar-refractivity contribution is 14.1. The number of pyridine rings is 1. The van der Waals surface area contributed by atoms with Crippen LogP contribution in [0.3, 0.4) is 0 Å². The smallest absolute Gasteiger partial charge is 0.0789 e. The van der Waals surface area contributed by atoms with E-state index in [9.17, 15) is 5.11 Å². The van der Waals surface area contributed by atoms with Crippen molar-refractivity contribution < 1.29 is 5.11 Å². The molecule has 102 valence electrons. The number of rotatable bonds is 3. The number of H-pyrrole nitrogens is 1. The average Bonchev–Trinajstić information content (AvgIpc) is 2.75. The fraction of sp³-hybridized carbons (Fsp3) is 0.400. The van der Waals surface area contributed by atoms with Crippen LogP contribution < -0.4 is 0 Å². The van der Waals surface area contributed by atoms with Gasteiger partial charge in [0.25, 0.3) is 0 Å². The maximum atomic E-state index is 9.80. The summed E-state index contributed by atoms with van der Waals surface area (Å²) in [4.78, 5) is 7.94. The van der Waals surface area contributed by atoms with Crippen LogP contribution in [0.5, 0.6) is 0 Å². The number of hydrogen-bond acceptors (Lipinski definition) is 2. The first-order valence-electron chi connectivity index (χ1n) is 6.44. The van der Waals surface area contributed by atoms with Crippen molar-refractivity contribution in [1.29, 1.82) is 0 Å². The van der Waals surface area contributed by atoms with Crippen LogP contribution in [0.15, 0.2) is 18.3 Å². The number of aliphatic hydroxyl groups excluding tert-OH is 1. The van der Waals surface area contributed by atoms with Gasteiger partial charge in [-0.1, -0.05) is 13.8 Å².